The molecule has 1 saturated heterocycles. The third kappa shape index (κ3) is 4.30. The van der Waals surface area contributed by atoms with Crippen molar-refractivity contribution in [3.63, 3.8) is 0 Å². The molecule has 1 aromatic heterocycles. The Morgan fingerprint density at radius 3 is 2.52 bits per heavy atom. The molecule has 1 aliphatic heterocycles. The average molecular weight is 395 g/mol. The number of methoxy groups -OCH3 is 1. The highest BCUT2D eigenvalue weighted by molar-refractivity contribution is 5.88. The first-order chi connectivity index (χ1) is 14.2. The van der Waals surface area contributed by atoms with Gasteiger partial charge in [0.1, 0.15) is 5.75 Å². The monoisotopic (exact) mass is 394 g/mol. The van der Waals surface area contributed by atoms with E-state index < -0.39 is 5.41 Å². The Kier molecular flexibility index (Phi) is 6.14. The molecule has 4 rings (SSSR count). The van der Waals surface area contributed by atoms with Crippen molar-refractivity contribution in [3.05, 3.63) is 59.9 Å². The molecular formula is C24H30N2O3. The Bertz CT molecular complexity index is 801. The molecule has 5 heteroatoms. The number of likely N-dealkylation sites (tertiary alicyclic amines) is 1. The third-order valence-corrected chi connectivity index (χ3v) is 6.43. The topological polar surface area (TPSA) is 51.7 Å². The smallest absolute Gasteiger partial charge is 0.233 e. The predicted octanol–water partition coefficient (Wildman–Crippen LogP) is 4.11. The predicted molar refractivity (Wildman–Crippen MR) is 112 cm³/mol. The van der Waals surface area contributed by atoms with E-state index in [2.05, 4.69) is 17.1 Å². The summed E-state index contributed by atoms with van der Waals surface area (Å²) in [4.78, 5) is 19.8. The second-order valence-electron chi connectivity index (χ2n) is 8.20. The van der Waals surface area contributed by atoms with Crippen molar-refractivity contribution < 1.29 is 14.3 Å². The summed E-state index contributed by atoms with van der Waals surface area (Å²) in [6, 6.07) is 12.1. The summed E-state index contributed by atoms with van der Waals surface area (Å²) < 4.78 is 11.4. The van der Waals surface area contributed by atoms with Gasteiger partial charge in [0.2, 0.25) is 5.91 Å². The van der Waals surface area contributed by atoms with Crippen molar-refractivity contribution in [3.8, 4) is 5.75 Å². The molecule has 0 unspecified atom stereocenters. The number of amides is 1. The van der Waals surface area contributed by atoms with Gasteiger partial charge in [-0.05, 0) is 54.7 Å². The molecule has 0 bridgehead atoms. The number of aromatic nitrogens is 1. The average Bonchev–Trinajstić information content (AvgIpc) is 3.27. The maximum atomic E-state index is 13.7. The van der Waals surface area contributed by atoms with Crippen LogP contribution < -0.4 is 4.74 Å². The Morgan fingerprint density at radius 2 is 1.83 bits per heavy atom. The van der Waals surface area contributed by atoms with Gasteiger partial charge < -0.3 is 14.4 Å². The quantitative estimate of drug-likeness (QED) is 0.740. The normalized spacial score (nSPS) is 21.1. The van der Waals surface area contributed by atoms with Crippen LogP contribution in [0.3, 0.4) is 0 Å². The zero-order valence-electron chi connectivity index (χ0n) is 17.2. The van der Waals surface area contributed by atoms with E-state index in [-0.39, 0.29) is 12.0 Å². The van der Waals surface area contributed by atoms with Crippen LogP contribution >= 0.6 is 0 Å². The zero-order valence-corrected chi connectivity index (χ0v) is 17.2. The zero-order chi connectivity index (χ0) is 20.1. The summed E-state index contributed by atoms with van der Waals surface area (Å²) in [7, 11) is 1.67. The highest BCUT2D eigenvalue weighted by atomic mass is 16.5. The minimum atomic E-state index is -0.398. The molecule has 1 aliphatic carbocycles. The van der Waals surface area contributed by atoms with Crippen molar-refractivity contribution in [2.45, 2.75) is 56.7 Å². The lowest BCUT2D eigenvalue weighted by atomic mass is 9.68. The van der Waals surface area contributed by atoms with Crippen LogP contribution in [0.4, 0.5) is 0 Å². The Balaban J connectivity index is 1.45. The fraction of sp³-hybridized carbons (Fsp3) is 0.500. The maximum Gasteiger partial charge on any atom is 0.233 e. The minimum Gasteiger partial charge on any atom is -0.497 e. The second kappa shape index (κ2) is 8.95. The number of hydrogen-bond donors (Lipinski definition) is 0. The molecule has 0 spiro atoms. The molecule has 1 atom stereocenters. The summed E-state index contributed by atoms with van der Waals surface area (Å²) >= 11 is 0. The van der Waals surface area contributed by atoms with Gasteiger partial charge >= 0.3 is 0 Å². The van der Waals surface area contributed by atoms with E-state index in [4.69, 9.17) is 9.47 Å². The van der Waals surface area contributed by atoms with Gasteiger partial charge in [0.15, 0.2) is 0 Å². The van der Waals surface area contributed by atoms with E-state index in [0.717, 1.165) is 55.5 Å². The number of hydrogen-bond acceptors (Lipinski definition) is 4. The van der Waals surface area contributed by atoms with Gasteiger partial charge in [0, 0.05) is 25.5 Å². The molecule has 2 aromatic rings. The molecule has 2 heterocycles. The number of benzene rings is 1. The van der Waals surface area contributed by atoms with E-state index >= 15 is 0 Å². The first kappa shape index (κ1) is 19.9. The van der Waals surface area contributed by atoms with E-state index in [0.29, 0.717) is 13.2 Å². The van der Waals surface area contributed by atoms with Gasteiger partial charge in [-0.15, -0.1) is 0 Å². The van der Waals surface area contributed by atoms with Crippen molar-refractivity contribution in [2.24, 2.45) is 0 Å². The highest BCUT2D eigenvalue weighted by Crippen LogP contribution is 2.42. The van der Waals surface area contributed by atoms with Crippen molar-refractivity contribution in [1.82, 2.24) is 9.88 Å². The Morgan fingerprint density at radius 1 is 1.10 bits per heavy atom. The number of nitrogens with zero attached hydrogens (tertiary/aromatic N) is 2. The maximum absolute atomic E-state index is 13.7. The molecular weight excluding hydrogens is 364 g/mol. The molecule has 1 aromatic carbocycles. The number of rotatable bonds is 6. The molecule has 154 valence electrons. The number of ether oxygens (including phenoxy) is 2. The molecule has 0 N–H and O–H groups in total. The lowest BCUT2D eigenvalue weighted by molar-refractivity contribution is -0.138. The molecule has 1 amide bonds. The summed E-state index contributed by atoms with van der Waals surface area (Å²) in [6.45, 7) is 2.03. The Hall–Kier alpha value is -2.40. The van der Waals surface area contributed by atoms with Crippen LogP contribution in [-0.4, -0.2) is 42.1 Å². The second-order valence-corrected chi connectivity index (χ2v) is 8.20. The lowest BCUT2D eigenvalue weighted by Gasteiger charge is -2.39. The first-order valence-electron chi connectivity index (χ1n) is 10.7. The fourth-order valence-electron chi connectivity index (χ4n) is 4.74. The van der Waals surface area contributed by atoms with Gasteiger partial charge in [-0.1, -0.05) is 31.4 Å². The van der Waals surface area contributed by atoms with E-state index in [1.54, 1.807) is 19.5 Å². The standard InChI is InChI=1S/C24H30N2O3/c1-28-21-7-5-20(6-8-21)24(12-3-2-4-13-24)23(27)26-16-11-22(17-26)29-18-19-9-14-25-15-10-19/h5-10,14-15,22H,2-4,11-13,16-18H2,1H3/t22-/m1/s1. The van der Waals surface area contributed by atoms with Crippen molar-refractivity contribution >= 4 is 5.91 Å². The molecule has 5 nitrogen and oxygen atoms in total. The minimum absolute atomic E-state index is 0.101. The van der Waals surface area contributed by atoms with Crippen molar-refractivity contribution in [1.29, 1.82) is 0 Å². The number of carbonyl (C=O) groups is 1. The van der Waals surface area contributed by atoms with E-state index in [1.807, 2.05) is 29.2 Å². The van der Waals surface area contributed by atoms with Crippen LogP contribution in [0.25, 0.3) is 0 Å². The van der Waals surface area contributed by atoms with Crippen LogP contribution in [-0.2, 0) is 21.6 Å². The van der Waals surface area contributed by atoms with Crippen LogP contribution in [0.5, 0.6) is 5.75 Å². The number of pyridine rings is 1. The third-order valence-electron chi connectivity index (χ3n) is 6.43. The molecule has 29 heavy (non-hydrogen) atoms. The van der Waals surface area contributed by atoms with Crippen molar-refractivity contribution in [2.75, 3.05) is 20.2 Å². The van der Waals surface area contributed by atoms with Gasteiger partial charge in [0.25, 0.3) is 0 Å². The SMILES string of the molecule is COc1ccc(C2(C(=O)N3CC[C@@H](OCc4ccncc4)C3)CCCCC2)cc1. The number of carbonyl (C=O) groups excluding carboxylic acids is 1. The van der Waals surface area contributed by atoms with Gasteiger partial charge in [-0.2, -0.15) is 0 Å². The van der Waals surface area contributed by atoms with E-state index in [1.165, 1.54) is 6.42 Å². The summed E-state index contributed by atoms with van der Waals surface area (Å²) in [5.74, 6) is 1.11. The first-order valence-corrected chi connectivity index (χ1v) is 10.7. The largest absolute Gasteiger partial charge is 0.497 e. The Labute approximate surface area is 173 Å². The lowest BCUT2D eigenvalue weighted by Crippen LogP contribution is -2.47. The van der Waals surface area contributed by atoms with Gasteiger partial charge in [-0.3, -0.25) is 9.78 Å². The van der Waals surface area contributed by atoms with Crippen LogP contribution in [0.2, 0.25) is 0 Å². The summed E-state index contributed by atoms with van der Waals surface area (Å²) in [6.07, 6.45) is 9.84. The highest BCUT2D eigenvalue weighted by Gasteiger charge is 2.45. The van der Waals surface area contributed by atoms with Crippen LogP contribution in [0, 0.1) is 0 Å². The van der Waals surface area contributed by atoms with Crippen LogP contribution in [0.15, 0.2) is 48.8 Å². The molecule has 0 radical (unpaired) electrons. The van der Waals surface area contributed by atoms with Gasteiger partial charge in [-0.25, -0.2) is 0 Å². The van der Waals surface area contributed by atoms with E-state index in [9.17, 15) is 4.79 Å². The van der Waals surface area contributed by atoms with Crippen LogP contribution in [0.1, 0.15) is 49.7 Å². The summed E-state index contributed by atoms with van der Waals surface area (Å²) in [5.41, 5.74) is 1.85. The van der Waals surface area contributed by atoms with Gasteiger partial charge in [0.05, 0.1) is 25.2 Å². The summed E-state index contributed by atoms with van der Waals surface area (Å²) in [5, 5.41) is 0. The molecule has 2 aliphatic rings. The fourth-order valence-corrected chi connectivity index (χ4v) is 4.74. The molecule has 2 fully saturated rings. The molecule has 1 saturated carbocycles.